The summed E-state index contributed by atoms with van der Waals surface area (Å²) >= 11 is 0. The fraction of sp³-hybridized carbons (Fsp3) is 0.375. The summed E-state index contributed by atoms with van der Waals surface area (Å²) in [5.41, 5.74) is 7.35. The average molecular weight is 514 g/mol. The number of carboxylic acids is 1. The van der Waals surface area contributed by atoms with E-state index in [1.165, 1.54) is 5.56 Å². The molecule has 3 aromatic rings. The minimum absolute atomic E-state index is 0.121. The first-order valence-electron chi connectivity index (χ1n) is 13.3. The summed E-state index contributed by atoms with van der Waals surface area (Å²) < 4.78 is 5.62. The number of carbonyl (C=O) groups is 1. The van der Waals surface area contributed by atoms with Crippen molar-refractivity contribution in [3.05, 3.63) is 89.8 Å². The van der Waals surface area contributed by atoms with Gasteiger partial charge in [0.15, 0.2) is 0 Å². The number of fused-ring (bicyclic) bond motifs is 1. The van der Waals surface area contributed by atoms with Crippen molar-refractivity contribution in [2.24, 2.45) is 5.92 Å². The van der Waals surface area contributed by atoms with E-state index in [1.807, 2.05) is 44.1 Å². The van der Waals surface area contributed by atoms with Crippen LogP contribution < -0.4 is 0 Å². The Kier molecular flexibility index (Phi) is 8.97. The Hall–Kier alpha value is -3.48. The van der Waals surface area contributed by atoms with E-state index in [4.69, 9.17) is 14.8 Å². The second-order valence-electron chi connectivity index (χ2n) is 10.5. The summed E-state index contributed by atoms with van der Waals surface area (Å²) in [6, 6.07) is 14.9. The van der Waals surface area contributed by atoms with Crippen molar-refractivity contribution in [2.75, 3.05) is 21.2 Å². The number of ether oxygens (including phenoxy) is 1. The highest BCUT2D eigenvalue weighted by atomic mass is 16.5. The largest absolute Gasteiger partial charge is 0.481 e. The van der Waals surface area contributed by atoms with E-state index < -0.39 is 5.97 Å². The van der Waals surface area contributed by atoms with Crippen molar-refractivity contribution in [3.63, 3.8) is 0 Å². The maximum Gasteiger partial charge on any atom is 0.303 e. The van der Waals surface area contributed by atoms with Gasteiger partial charge in [-0.3, -0.25) is 9.69 Å². The molecule has 1 aliphatic carbocycles. The van der Waals surface area contributed by atoms with Crippen LogP contribution in [0, 0.1) is 5.92 Å². The number of nitrogens with zero attached hydrogens (tertiary/aromatic N) is 2. The Morgan fingerprint density at radius 1 is 1.16 bits per heavy atom. The number of imidazole rings is 1. The van der Waals surface area contributed by atoms with Crippen LogP contribution in [0.1, 0.15) is 73.7 Å². The molecular formula is C32H39N3O3. The fourth-order valence-corrected chi connectivity index (χ4v) is 5.50. The number of aliphatic carboxylic acids is 1. The third-order valence-corrected chi connectivity index (χ3v) is 7.59. The summed E-state index contributed by atoms with van der Waals surface area (Å²) in [7, 11) is 5.69. The number of methoxy groups -OCH3 is 1. The second kappa shape index (κ2) is 12.4. The van der Waals surface area contributed by atoms with Crippen LogP contribution in [-0.4, -0.2) is 47.1 Å². The Morgan fingerprint density at radius 2 is 1.87 bits per heavy atom. The van der Waals surface area contributed by atoms with Gasteiger partial charge in [-0.1, -0.05) is 55.1 Å². The van der Waals surface area contributed by atoms with Gasteiger partial charge in [-0.05, 0) is 92.9 Å². The lowest BCUT2D eigenvalue weighted by Gasteiger charge is -2.28. The molecule has 6 nitrogen and oxygen atoms in total. The van der Waals surface area contributed by atoms with E-state index in [-0.39, 0.29) is 6.23 Å². The highest BCUT2D eigenvalue weighted by Crippen LogP contribution is 2.37. The van der Waals surface area contributed by atoms with Gasteiger partial charge in [0, 0.05) is 19.1 Å². The van der Waals surface area contributed by atoms with Crippen LogP contribution >= 0.6 is 0 Å². The number of carboxylic acid groups (broad SMARTS) is 1. The zero-order chi connectivity index (χ0) is 27.2. The van der Waals surface area contributed by atoms with Gasteiger partial charge < -0.3 is 14.8 Å². The average Bonchev–Trinajstić information content (AvgIpc) is 3.33. The maximum absolute atomic E-state index is 11.0. The van der Waals surface area contributed by atoms with Gasteiger partial charge in [-0.2, -0.15) is 0 Å². The van der Waals surface area contributed by atoms with Crippen molar-refractivity contribution < 1.29 is 14.6 Å². The molecule has 4 rings (SSSR count). The predicted octanol–water partition coefficient (Wildman–Crippen LogP) is 7.19. The Labute approximate surface area is 225 Å². The van der Waals surface area contributed by atoms with Gasteiger partial charge in [0.25, 0.3) is 0 Å². The molecule has 0 amide bonds. The Bertz CT molecular complexity index is 1330. The lowest BCUT2D eigenvalue weighted by molar-refractivity contribution is -0.138. The van der Waals surface area contributed by atoms with E-state index in [2.05, 4.69) is 54.0 Å². The number of allylic oxidation sites excluding steroid dienone is 5. The number of rotatable bonds is 10. The van der Waals surface area contributed by atoms with E-state index in [0.29, 0.717) is 18.3 Å². The van der Waals surface area contributed by atoms with Gasteiger partial charge in [0.05, 0.1) is 11.0 Å². The molecule has 0 saturated heterocycles. The van der Waals surface area contributed by atoms with Crippen LogP contribution in [0.2, 0.25) is 0 Å². The quantitative estimate of drug-likeness (QED) is 0.222. The standard InChI is InChI=1S/C32H39N3O3/c1-6-23(24-13-15-26(16-14-24)25-11-8-22(9-12-25)19-30(36)37)10-7-21(2)31-33-28-18-17-27(20-29(28)34-31)32(38-5)35(3)4/h6-7,10,13-18,20,22,25,32H,2,8-9,11-12,19H2,1,3-5H3,(H,33,34)(H,36,37)/b10-7-,23-6?. The zero-order valence-corrected chi connectivity index (χ0v) is 22.9. The van der Waals surface area contributed by atoms with E-state index in [9.17, 15) is 4.79 Å². The van der Waals surface area contributed by atoms with E-state index in [1.54, 1.807) is 7.11 Å². The molecule has 0 aliphatic heterocycles. The van der Waals surface area contributed by atoms with Gasteiger partial charge >= 0.3 is 5.97 Å². The molecule has 0 spiro atoms. The highest BCUT2D eigenvalue weighted by Gasteiger charge is 2.24. The third kappa shape index (κ3) is 6.50. The topological polar surface area (TPSA) is 78.5 Å². The first-order chi connectivity index (χ1) is 18.3. The molecule has 1 fully saturated rings. The molecular weight excluding hydrogens is 474 g/mol. The third-order valence-electron chi connectivity index (χ3n) is 7.59. The molecule has 0 bridgehead atoms. The number of hydrogen-bond acceptors (Lipinski definition) is 4. The lowest BCUT2D eigenvalue weighted by Crippen LogP contribution is -2.21. The van der Waals surface area contributed by atoms with Crippen LogP contribution in [-0.2, 0) is 9.53 Å². The molecule has 200 valence electrons. The van der Waals surface area contributed by atoms with E-state index >= 15 is 0 Å². The molecule has 2 aromatic carbocycles. The normalized spacial score (nSPS) is 19.3. The van der Waals surface area contributed by atoms with Gasteiger partial charge in [0.1, 0.15) is 12.1 Å². The summed E-state index contributed by atoms with van der Waals surface area (Å²) in [5, 5.41) is 9.06. The SMILES string of the molecule is C=C(/C=C\C(=CC)c1ccc(C2CCC(CC(=O)O)CC2)cc1)c1nc2ccc(C(OC)N(C)C)cc2[nH]1. The van der Waals surface area contributed by atoms with Crippen molar-refractivity contribution in [3.8, 4) is 0 Å². The number of H-pyrrole nitrogens is 1. The molecule has 0 radical (unpaired) electrons. The van der Waals surface area contributed by atoms with E-state index in [0.717, 1.165) is 64.8 Å². The minimum atomic E-state index is -0.679. The second-order valence-corrected chi connectivity index (χ2v) is 10.5. The molecule has 1 aromatic heterocycles. The summed E-state index contributed by atoms with van der Waals surface area (Å²) in [6.07, 6.45) is 10.5. The van der Waals surface area contributed by atoms with Gasteiger partial charge in [-0.25, -0.2) is 4.98 Å². The first kappa shape index (κ1) is 27.6. The highest BCUT2D eigenvalue weighted by molar-refractivity contribution is 5.83. The zero-order valence-electron chi connectivity index (χ0n) is 22.9. The number of benzene rings is 2. The smallest absolute Gasteiger partial charge is 0.303 e. The molecule has 6 heteroatoms. The number of aromatic nitrogens is 2. The summed E-state index contributed by atoms with van der Waals surface area (Å²) in [4.78, 5) is 21.2. The molecule has 1 atom stereocenters. The monoisotopic (exact) mass is 513 g/mol. The van der Waals surface area contributed by atoms with Crippen molar-refractivity contribution in [1.29, 1.82) is 0 Å². The van der Waals surface area contributed by atoms with Crippen LogP contribution in [0.15, 0.2) is 67.3 Å². The molecule has 2 N–H and O–H groups in total. The molecule has 1 aliphatic rings. The number of nitrogens with one attached hydrogen (secondary N) is 1. The minimum Gasteiger partial charge on any atom is -0.481 e. The molecule has 1 saturated carbocycles. The fourth-order valence-electron chi connectivity index (χ4n) is 5.50. The lowest BCUT2D eigenvalue weighted by atomic mass is 9.77. The first-order valence-corrected chi connectivity index (χ1v) is 13.3. The van der Waals surface area contributed by atoms with Crippen LogP contribution in [0.4, 0.5) is 0 Å². The van der Waals surface area contributed by atoms with Crippen LogP contribution in [0.25, 0.3) is 22.2 Å². The predicted molar refractivity (Wildman–Crippen MR) is 155 cm³/mol. The van der Waals surface area contributed by atoms with Crippen LogP contribution in [0.5, 0.6) is 0 Å². The maximum atomic E-state index is 11.0. The summed E-state index contributed by atoms with van der Waals surface area (Å²) in [6.45, 7) is 6.29. The number of hydrogen-bond donors (Lipinski definition) is 2. The van der Waals surface area contributed by atoms with Crippen LogP contribution in [0.3, 0.4) is 0 Å². The van der Waals surface area contributed by atoms with Crippen molar-refractivity contribution >= 4 is 28.1 Å². The van der Waals surface area contributed by atoms with Gasteiger partial charge in [0.2, 0.25) is 0 Å². The molecule has 38 heavy (non-hydrogen) atoms. The number of aromatic amines is 1. The molecule has 1 heterocycles. The van der Waals surface area contributed by atoms with Crippen molar-refractivity contribution in [1.82, 2.24) is 14.9 Å². The Morgan fingerprint density at radius 3 is 2.47 bits per heavy atom. The van der Waals surface area contributed by atoms with Crippen molar-refractivity contribution in [2.45, 2.75) is 51.2 Å². The van der Waals surface area contributed by atoms with Gasteiger partial charge in [-0.15, -0.1) is 0 Å². The Balaban J connectivity index is 1.42. The summed E-state index contributed by atoms with van der Waals surface area (Å²) in [5.74, 6) is 0.910. The molecule has 1 unspecified atom stereocenters.